The molecular formula is C25H25N5O2. The molecule has 1 aliphatic rings. The molecule has 5 rings (SSSR count). The molecule has 0 atom stereocenters. The number of carbonyl (C=O) groups excluding carboxylic acids is 1. The highest BCUT2D eigenvalue weighted by molar-refractivity contribution is 5.94. The zero-order chi connectivity index (χ0) is 22.1. The van der Waals surface area contributed by atoms with Crippen molar-refractivity contribution in [2.75, 3.05) is 43.1 Å². The second kappa shape index (κ2) is 8.34. The summed E-state index contributed by atoms with van der Waals surface area (Å²) in [7, 11) is 1.67. The number of ketones is 1. The van der Waals surface area contributed by atoms with E-state index in [1.807, 2.05) is 59.2 Å². The minimum atomic E-state index is 0.0923. The summed E-state index contributed by atoms with van der Waals surface area (Å²) in [4.78, 5) is 20.9. The van der Waals surface area contributed by atoms with Crippen LogP contribution in [-0.4, -0.2) is 53.7 Å². The van der Waals surface area contributed by atoms with Crippen LogP contribution in [0.15, 0.2) is 67.0 Å². The fourth-order valence-corrected chi connectivity index (χ4v) is 4.16. The summed E-state index contributed by atoms with van der Waals surface area (Å²) in [6.45, 7) is 5.09. The van der Waals surface area contributed by atoms with Crippen molar-refractivity contribution in [3.05, 3.63) is 72.6 Å². The maximum atomic E-state index is 11.5. The van der Waals surface area contributed by atoms with E-state index < -0.39 is 0 Å². The number of benzene rings is 2. The van der Waals surface area contributed by atoms with Crippen LogP contribution in [0.4, 0.5) is 11.5 Å². The molecule has 0 amide bonds. The van der Waals surface area contributed by atoms with E-state index in [1.165, 1.54) is 0 Å². The van der Waals surface area contributed by atoms with Crippen LogP contribution in [0.25, 0.3) is 16.8 Å². The molecule has 0 unspecified atom stereocenters. The first-order valence-corrected chi connectivity index (χ1v) is 10.7. The molecule has 7 nitrogen and oxygen atoms in total. The summed E-state index contributed by atoms with van der Waals surface area (Å²) in [5, 5.41) is 4.76. The Morgan fingerprint density at radius 3 is 2.44 bits per heavy atom. The number of hydrogen-bond acceptors (Lipinski definition) is 6. The van der Waals surface area contributed by atoms with Crippen molar-refractivity contribution in [1.29, 1.82) is 0 Å². The summed E-state index contributed by atoms with van der Waals surface area (Å²) in [6.07, 6.45) is 3.69. The van der Waals surface area contributed by atoms with Gasteiger partial charge in [0.25, 0.3) is 0 Å². The molecule has 0 saturated carbocycles. The molecular weight excluding hydrogens is 402 g/mol. The van der Waals surface area contributed by atoms with Gasteiger partial charge in [0.1, 0.15) is 11.3 Å². The van der Waals surface area contributed by atoms with E-state index in [2.05, 4.69) is 20.9 Å². The van der Waals surface area contributed by atoms with Crippen LogP contribution in [0.3, 0.4) is 0 Å². The number of methoxy groups -OCH3 is 1. The first-order valence-electron chi connectivity index (χ1n) is 10.7. The number of aromatic nitrogens is 3. The third-order valence-electron chi connectivity index (χ3n) is 5.95. The highest BCUT2D eigenvalue weighted by atomic mass is 16.5. The van der Waals surface area contributed by atoms with Gasteiger partial charge < -0.3 is 14.5 Å². The largest absolute Gasteiger partial charge is 0.497 e. The smallest absolute Gasteiger partial charge is 0.159 e. The number of nitrogens with zero attached hydrogens (tertiary/aromatic N) is 5. The Labute approximate surface area is 186 Å². The Hall–Kier alpha value is -3.87. The van der Waals surface area contributed by atoms with E-state index in [1.54, 1.807) is 20.2 Å². The van der Waals surface area contributed by atoms with Gasteiger partial charge in [0, 0.05) is 55.4 Å². The first-order chi connectivity index (χ1) is 15.6. The Balaban J connectivity index is 1.36. The molecule has 0 aliphatic carbocycles. The number of Topliss-reactive ketones (excluding diaryl/α,β-unsaturated/α-hetero) is 1. The van der Waals surface area contributed by atoms with Gasteiger partial charge in [0.2, 0.25) is 0 Å². The highest BCUT2D eigenvalue weighted by Gasteiger charge is 2.21. The molecule has 0 radical (unpaired) electrons. The number of piperazine rings is 1. The topological polar surface area (TPSA) is 63.0 Å². The number of ether oxygens (including phenoxy) is 1. The van der Waals surface area contributed by atoms with Gasteiger partial charge in [-0.25, -0.2) is 9.50 Å². The maximum Gasteiger partial charge on any atom is 0.159 e. The number of hydrogen-bond donors (Lipinski definition) is 0. The monoisotopic (exact) mass is 427 g/mol. The van der Waals surface area contributed by atoms with E-state index in [-0.39, 0.29) is 5.78 Å². The molecule has 1 fully saturated rings. The Bertz CT molecular complexity index is 1260. The fourth-order valence-electron chi connectivity index (χ4n) is 4.16. The van der Waals surface area contributed by atoms with Gasteiger partial charge in [0.15, 0.2) is 11.6 Å². The van der Waals surface area contributed by atoms with E-state index in [0.29, 0.717) is 0 Å². The highest BCUT2D eigenvalue weighted by Crippen LogP contribution is 2.28. The van der Waals surface area contributed by atoms with Gasteiger partial charge in [-0.2, -0.15) is 5.10 Å². The minimum absolute atomic E-state index is 0.0923. The lowest BCUT2D eigenvalue weighted by Crippen LogP contribution is -2.47. The fraction of sp³-hybridized carbons (Fsp3) is 0.240. The number of anilines is 2. The summed E-state index contributed by atoms with van der Waals surface area (Å²) < 4.78 is 7.25. The van der Waals surface area contributed by atoms with Crippen LogP contribution in [0.2, 0.25) is 0 Å². The third kappa shape index (κ3) is 3.77. The summed E-state index contributed by atoms with van der Waals surface area (Å²) >= 11 is 0. The van der Waals surface area contributed by atoms with Crippen molar-refractivity contribution in [2.24, 2.45) is 0 Å². The predicted octanol–water partition coefficient (Wildman–Crippen LogP) is 3.93. The quantitative estimate of drug-likeness (QED) is 0.450. The molecule has 7 heteroatoms. The molecule has 1 aliphatic heterocycles. The van der Waals surface area contributed by atoms with Gasteiger partial charge in [-0.15, -0.1) is 0 Å². The predicted molar refractivity (Wildman–Crippen MR) is 126 cm³/mol. The lowest BCUT2D eigenvalue weighted by molar-refractivity contribution is 0.101. The second-order valence-electron chi connectivity index (χ2n) is 7.92. The van der Waals surface area contributed by atoms with Gasteiger partial charge in [-0.3, -0.25) is 4.79 Å². The normalized spacial score (nSPS) is 14.1. The van der Waals surface area contributed by atoms with Crippen molar-refractivity contribution in [2.45, 2.75) is 6.92 Å². The minimum Gasteiger partial charge on any atom is -0.497 e. The van der Waals surface area contributed by atoms with Crippen LogP contribution in [0, 0.1) is 0 Å². The average molecular weight is 428 g/mol. The van der Waals surface area contributed by atoms with Crippen LogP contribution in [-0.2, 0) is 0 Å². The van der Waals surface area contributed by atoms with E-state index in [4.69, 9.17) is 9.84 Å². The molecule has 2 aromatic heterocycles. The Morgan fingerprint density at radius 2 is 1.72 bits per heavy atom. The van der Waals surface area contributed by atoms with Crippen LogP contribution >= 0.6 is 0 Å². The number of fused-ring (bicyclic) bond motifs is 1. The van der Waals surface area contributed by atoms with Crippen molar-refractivity contribution in [3.63, 3.8) is 0 Å². The van der Waals surface area contributed by atoms with E-state index in [9.17, 15) is 4.79 Å². The lowest BCUT2D eigenvalue weighted by Gasteiger charge is -2.36. The van der Waals surface area contributed by atoms with E-state index in [0.717, 1.165) is 65.8 Å². The molecule has 4 aromatic rings. The first kappa shape index (κ1) is 20.1. The van der Waals surface area contributed by atoms with Gasteiger partial charge >= 0.3 is 0 Å². The van der Waals surface area contributed by atoms with Crippen molar-refractivity contribution in [3.8, 4) is 17.0 Å². The molecule has 162 valence electrons. The zero-order valence-electron chi connectivity index (χ0n) is 18.2. The average Bonchev–Trinajstić information content (AvgIpc) is 3.29. The number of rotatable bonds is 5. The molecule has 0 bridgehead atoms. The van der Waals surface area contributed by atoms with Gasteiger partial charge in [0.05, 0.1) is 12.8 Å². The van der Waals surface area contributed by atoms with Crippen molar-refractivity contribution >= 4 is 22.8 Å². The SMILES string of the molecule is COc1cccc(-c2cc3c(N4CCN(c5ccc(C(C)=O)cc5)CC4)nccn3n2)c1. The van der Waals surface area contributed by atoms with E-state index >= 15 is 0 Å². The lowest BCUT2D eigenvalue weighted by atomic mass is 10.1. The maximum absolute atomic E-state index is 11.5. The van der Waals surface area contributed by atoms with Crippen LogP contribution in [0.5, 0.6) is 5.75 Å². The molecule has 0 N–H and O–H groups in total. The molecule has 32 heavy (non-hydrogen) atoms. The number of carbonyl (C=O) groups is 1. The molecule has 3 heterocycles. The Morgan fingerprint density at radius 1 is 0.969 bits per heavy atom. The third-order valence-corrected chi connectivity index (χ3v) is 5.95. The van der Waals surface area contributed by atoms with Crippen molar-refractivity contribution in [1.82, 2.24) is 14.6 Å². The van der Waals surface area contributed by atoms with Gasteiger partial charge in [-0.05, 0) is 49.4 Å². The second-order valence-corrected chi connectivity index (χ2v) is 7.92. The van der Waals surface area contributed by atoms with Gasteiger partial charge in [-0.1, -0.05) is 12.1 Å². The summed E-state index contributed by atoms with van der Waals surface area (Å²) in [5.41, 5.74) is 4.78. The molecule has 1 saturated heterocycles. The van der Waals surface area contributed by atoms with Crippen molar-refractivity contribution < 1.29 is 9.53 Å². The zero-order valence-corrected chi connectivity index (χ0v) is 18.2. The standard InChI is InChI=1S/C25H25N5O2/c1-18(31)19-6-8-21(9-7-19)28-12-14-29(15-13-28)25-24-17-23(27-30(24)11-10-26-25)20-4-3-5-22(16-20)32-2/h3-11,16-17H,12-15H2,1-2H3. The Kier molecular flexibility index (Phi) is 5.23. The van der Waals surface area contributed by atoms with Crippen LogP contribution in [0.1, 0.15) is 17.3 Å². The molecule has 0 spiro atoms. The summed E-state index contributed by atoms with van der Waals surface area (Å²) in [6, 6.07) is 17.9. The van der Waals surface area contributed by atoms with Crippen LogP contribution < -0.4 is 14.5 Å². The summed E-state index contributed by atoms with van der Waals surface area (Å²) in [5.74, 6) is 1.85. The molecule has 2 aromatic carbocycles.